The normalized spacial score (nSPS) is 14.8. The first kappa shape index (κ1) is 20.3. The molecule has 5 nitrogen and oxygen atoms in total. The number of hydrogen-bond donors (Lipinski definition) is 2. The topological polar surface area (TPSA) is 75.4 Å². The number of nitrogens with zero attached hydrogens (tertiary/aromatic N) is 1. The van der Waals surface area contributed by atoms with Crippen molar-refractivity contribution in [2.75, 3.05) is 25.4 Å². The maximum Gasteiger partial charge on any atom is 0.254 e. The zero-order chi connectivity index (χ0) is 16.8. The lowest BCUT2D eigenvalue weighted by Crippen LogP contribution is -2.43. The van der Waals surface area contributed by atoms with Gasteiger partial charge >= 0.3 is 0 Å². The van der Waals surface area contributed by atoms with Gasteiger partial charge in [0.05, 0.1) is 0 Å². The molecule has 0 radical (unpaired) electrons. The molecular weight excluding hydrogens is 326 g/mol. The summed E-state index contributed by atoms with van der Waals surface area (Å²) in [5.74, 6) is 0.170. The fourth-order valence-electron chi connectivity index (χ4n) is 2.92. The van der Waals surface area contributed by atoms with Crippen molar-refractivity contribution < 1.29 is 9.59 Å². The van der Waals surface area contributed by atoms with Crippen molar-refractivity contribution in [3.8, 4) is 0 Å². The molecule has 0 aliphatic carbocycles. The smallest absolute Gasteiger partial charge is 0.254 e. The van der Waals surface area contributed by atoms with E-state index in [9.17, 15) is 9.59 Å². The molecule has 0 aromatic heterocycles. The summed E-state index contributed by atoms with van der Waals surface area (Å²) in [4.78, 5) is 26.5. The minimum Gasteiger partial charge on any atom is -0.399 e. The number of aryl methyl sites for hydroxylation is 1. The van der Waals surface area contributed by atoms with Crippen molar-refractivity contribution in [2.24, 2.45) is 5.92 Å². The van der Waals surface area contributed by atoms with Crippen molar-refractivity contribution in [1.82, 2.24) is 10.2 Å². The number of carbonyl (C=O) groups excluding carboxylic acids is 2. The van der Waals surface area contributed by atoms with Crippen LogP contribution in [0.2, 0.25) is 0 Å². The predicted molar refractivity (Wildman–Crippen MR) is 99.4 cm³/mol. The van der Waals surface area contributed by atoms with Crippen LogP contribution in [0.15, 0.2) is 18.2 Å². The first-order chi connectivity index (χ1) is 11.0. The zero-order valence-corrected chi connectivity index (χ0v) is 15.3. The van der Waals surface area contributed by atoms with Gasteiger partial charge in [-0.15, -0.1) is 12.4 Å². The first-order valence-electron chi connectivity index (χ1n) is 8.46. The van der Waals surface area contributed by atoms with Crippen molar-refractivity contribution in [1.29, 1.82) is 0 Å². The number of halogens is 1. The molecule has 1 saturated heterocycles. The number of hydrogen-bond acceptors (Lipinski definition) is 3. The predicted octanol–water partition coefficient (Wildman–Crippen LogP) is 2.77. The maximum atomic E-state index is 12.6. The second-order valence-corrected chi connectivity index (χ2v) is 6.29. The number of piperidine rings is 1. The van der Waals surface area contributed by atoms with Crippen LogP contribution < -0.4 is 11.1 Å². The van der Waals surface area contributed by atoms with E-state index in [0.29, 0.717) is 24.3 Å². The number of nitrogens with one attached hydrogen (secondary N) is 1. The van der Waals surface area contributed by atoms with Gasteiger partial charge < -0.3 is 16.0 Å². The number of amides is 2. The molecule has 0 atom stereocenters. The van der Waals surface area contributed by atoms with E-state index in [1.54, 1.807) is 12.1 Å². The van der Waals surface area contributed by atoms with Gasteiger partial charge in [0.25, 0.3) is 5.91 Å². The molecule has 2 rings (SSSR count). The third kappa shape index (κ3) is 5.13. The quantitative estimate of drug-likeness (QED) is 0.631. The second kappa shape index (κ2) is 9.52. The number of rotatable bonds is 5. The highest BCUT2D eigenvalue weighted by Crippen LogP contribution is 2.21. The molecule has 0 spiro atoms. The molecule has 1 aliphatic rings. The van der Waals surface area contributed by atoms with Crippen molar-refractivity contribution >= 4 is 29.9 Å². The average molecular weight is 354 g/mol. The van der Waals surface area contributed by atoms with Gasteiger partial charge in [0, 0.05) is 36.8 Å². The van der Waals surface area contributed by atoms with Crippen LogP contribution in [-0.4, -0.2) is 36.3 Å². The van der Waals surface area contributed by atoms with E-state index in [1.165, 1.54) is 0 Å². The Balaban J connectivity index is 0.00000288. The maximum absolute atomic E-state index is 12.6. The van der Waals surface area contributed by atoms with E-state index in [4.69, 9.17) is 5.73 Å². The molecule has 2 amide bonds. The Morgan fingerprint density at radius 1 is 1.29 bits per heavy atom. The highest BCUT2D eigenvalue weighted by Gasteiger charge is 2.28. The van der Waals surface area contributed by atoms with Crippen LogP contribution in [0.25, 0.3) is 0 Å². The minimum absolute atomic E-state index is 0. The monoisotopic (exact) mass is 353 g/mol. The highest BCUT2D eigenvalue weighted by molar-refractivity contribution is 5.96. The van der Waals surface area contributed by atoms with Crippen LogP contribution in [0.4, 0.5) is 5.69 Å². The molecule has 1 aromatic rings. The van der Waals surface area contributed by atoms with Crippen molar-refractivity contribution in [3.05, 3.63) is 29.3 Å². The number of anilines is 1. The molecule has 1 heterocycles. The van der Waals surface area contributed by atoms with Gasteiger partial charge in [0.1, 0.15) is 0 Å². The Hall–Kier alpha value is -1.75. The third-order valence-electron chi connectivity index (χ3n) is 4.47. The van der Waals surface area contributed by atoms with Crippen LogP contribution >= 0.6 is 12.4 Å². The van der Waals surface area contributed by atoms with Crippen LogP contribution in [-0.2, 0) is 4.79 Å². The van der Waals surface area contributed by atoms with E-state index < -0.39 is 0 Å². The van der Waals surface area contributed by atoms with Gasteiger partial charge in [-0.25, -0.2) is 0 Å². The standard InChI is InChI=1S/C18H27N3O2.ClH/c1-3-4-9-20-17(22)14-7-10-21(11-8-14)18(23)16-12-15(19)6-5-13(16)2;/h5-6,12,14H,3-4,7-11,19H2,1-2H3,(H,20,22);1H. The summed E-state index contributed by atoms with van der Waals surface area (Å²) < 4.78 is 0. The fourth-order valence-corrected chi connectivity index (χ4v) is 2.92. The summed E-state index contributed by atoms with van der Waals surface area (Å²) >= 11 is 0. The van der Waals surface area contributed by atoms with Gasteiger partial charge in [-0.05, 0) is 43.9 Å². The molecule has 0 bridgehead atoms. The number of benzene rings is 1. The molecule has 3 N–H and O–H groups in total. The fraction of sp³-hybridized carbons (Fsp3) is 0.556. The number of carbonyl (C=O) groups is 2. The first-order valence-corrected chi connectivity index (χ1v) is 8.46. The summed E-state index contributed by atoms with van der Waals surface area (Å²) in [6.45, 7) is 6.02. The van der Waals surface area contributed by atoms with Gasteiger partial charge in [-0.2, -0.15) is 0 Å². The lowest BCUT2D eigenvalue weighted by atomic mass is 9.95. The van der Waals surface area contributed by atoms with E-state index in [2.05, 4.69) is 12.2 Å². The zero-order valence-electron chi connectivity index (χ0n) is 14.5. The largest absolute Gasteiger partial charge is 0.399 e. The molecule has 1 aromatic carbocycles. The Kier molecular flexibility index (Phi) is 8.05. The number of likely N-dealkylation sites (tertiary alicyclic amines) is 1. The minimum atomic E-state index is 0. The summed E-state index contributed by atoms with van der Waals surface area (Å²) in [5, 5.41) is 2.99. The molecular formula is C18H28ClN3O2. The summed E-state index contributed by atoms with van der Waals surface area (Å²) in [5.41, 5.74) is 7.99. The Bertz CT molecular complexity index is 569. The Morgan fingerprint density at radius 2 is 1.96 bits per heavy atom. The van der Waals surface area contributed by atoms with E-state index in [0.717, 1.165) is 37.8 Å². The van der Waals surface area contributed by atoms with E-state index in [-0.39, 0.29) is 30.1 Å². The molecule has 1 aliphatic heterocycles. The van der Waals surface area contributed by atoms with E-state index in [1.807, 2.05) is 17.9 Å². The molecule has 134 valence electrons. The summed E-state index contributed by atoms with van der Waals surface area (Å²) in [6.07, 6.45) is 3.54. The van der Waals surface area contributed by atoms with E-state index >= 15 is 0 Å². The third-order valence-corrected chi connectivity index (χ3v) is 4.47. The van der Waals surface area contributed by atoms with Crippen LogP contribution in [0, 0.1) is 12.8 Å². The van der Waals surface area contributed by atoms with Gasteiger partial charge in [-0.1, -0.05) is 19.4 Å². The van der Waals surface area contributed by atoms with Crippen LogP contribution in [0.5, 0.6) is 0 Å². The second-order valence-electron chi connectivity index (χ2n) is 6.29. The molecule has 0 unspecified atom stereocenters. The van der Waals surface area contributed by atoms with Crippen molar-refractivity contribution in [2.45, 2.75) is 39.5 Å². The highest BCUT2D eigenvalue weighted by atomic mass is 35.5. The molecule has 0 saturated carbocycles. The SMILES string of the molecule is CCCCNC(=O)C1CCN(C(=O)c2cc(N)ccc2C)CC1.Cl. The summed E-state index contributed by atoms with van der Waals surface area (Å²) in [7, 11) is 0. The lowest BCUT2D eigenvalue weighted by molar-refractivity contribution is -0.126. The average Bonchev–Trinajstić information content (AvgIpc) is 2.56. The number of unbranched alkanes of at least 4 members (excludes halogenated alkanes) is 1. The van der Waals surface area contributed by atoms with Crippen molar-refractivity contribution in [3.63, 3.8) is 0 Å². The van der Waals surface area contributed by atoms with Gasteiger partial charge in [-0.3, -0.25) is 9.59 Å². The van der Waals surface area contributed by atoms with Gasteiger partial charge in [0.15, 0.2) is 0 Å². The van der Waals surface area contributed by atoms with Crippen LogP contribution in [0.3, 0.4) is 0 Å². The molecule has 24 heavy (non-hydrogen) atoms. The molecule has 6 heteroatoms. The Morgan fingerprint density at radius 3 is 2.58 bits per heavy atom. The summed E-state index contributed by atoms with van der Waals surface area (Å²) in [6, 6.07) is 5.41. The van der Waals surface area contributed by atoms with Gasteiger partial charge in [0.2, 0.25) is 5.91 Å². The number of nitrogens with two attached hydrogens (primary N) is 1. The van der Waals surface area contributed by atoms with Crippen LogP contribution in [0.1, 0.15) is 48.5 Å². The number of nitrogen functional groups attached to an aromatic ring is 1. The molecule has 1 fully saturated rings. The Labute approximate surface area is 150 Å². The lowest BCUT2D eigenvalue weighted by Gasteiger charge is -2.31.